The van der Waals surface area contributed by atoms with Gasteiger partial charge in [-0.3, -0.25) is 9.59 Å². The zero-order valence-electron chi connectivity index (χ0n) is 15.9. The molecule has 2 amide bonds. The van der Waals surface area contributed by atoms with Crippen LogP contribution in [0.2, 0.25) is 5.02 Å². The summed E-state index contributed by atoms with van der Waals surface area (Å²) in [6.45, 7) is 4.75. The molecule has 150 valence electrons. The van der Waals surface area contributed by atoms with Crippen LogP contribution in [0.1, 0.15) is 26.2 Å². The van der Waals surface area contributed by atoms with Crippen molar-refractivity contribution in [2.45, 2.75) is 37.9 Å². The first kappa shape index (κ1) is 20.7. The highest BCUT2D eigenvalue weighted by Gasteiger charge is 2.18. The minimum atomic E-state index is -0.113. The molecule has 1 aromatic carbocycles. The van der Waals surface area contributed by atoms with Gasteiger partial charge in [-0.15, -0.1) is 10.2 Å². The van der Waals surface area contributed by atoms with Gasteiger partial charge in [-0.05, 0) is 44.0 Å². The molecule has 28 heavy (non-hydrogen) atoms. The maximum absolute atomic E-state index is 12.1. The molecule has 2 heterocycles. The molecule has 0 atom stereocenters. The minimum absolute atomic E-state index is 0.113. The SMILES string of the molecule is CCn1c(SCC(=O)NCCC(=O)N2CCCC2)nnc1-c1ccc(Cl)cc1. The highest BCUT2D eigenvalue weighted by Crippen LogP contribution is 2.25. The molecular weight excluding hydrogens is 398 g/mol. The van der Waals surface area contributed by atoms with E-state index in [1.54, 1.807) is 0 Å². The third-order valence-electron chi connectivity index (χ3n) is 4.59. The van der Waals surface area contributed by atoms with Crippen molar-refractivity contribution in [2.75, 3.05) is 25.4 Å². The topological polar surface area (TPSA) is 80.1 Å². The van der Waals surface area contributed by atoms with Gasteiger partial charge >= 0.3 is 0 Å². The highest BCUT2D eigenvalue weighted by molar-refractivity contribution is 7.99. The second-order valence-corrected chi connectivity index (χ2v) is 7.91. The lowest BCUT2D eigenvalue weighted by molar-refractivity contribution is -0.130. The Kier molecular flexibility index (Phi) is 7.33. The molecule has 0 unspecified atom stereocenters. The number of hydrogen-bond donors (Lipinski definition) is 1. The first-order chi connectivity index (χ1) is 13.6. The first-order valence-corrected chi connectivity index (χ1v) is 10.8. The van der Waals surface area contributed by atoms with Crippen LogP contribution in [0, 0.1) is 0 Å². The minimum Gasteiger partial charge on any atom is -0.355 e. The fraction of sp³-hybridized carbons (Fsp3) is 0.474. The summed E-state index contributed by atoms with van der Waals surface area (Å²) in [6, 6.07) is 7.43. The van der Waals surface area contributed by atoms with E-state index in [2.05, 4.69) is 15.5 Å². The largest absolute Gasteiger partial charge is 0.355 e. The molecule has 7 nitrogen and oxygen atoms in total. The van der Waals surface area contributed by atoms with Gasteiger partial charge in [0.2, 0.25) is 11.8 Å². The van der Waals surface area contributed by atoms with Gasteiger partial charge in [-0.2, -0.15) is 0 Å². The number of nitrogens with zero attached hydrogens (tertiary/aromatic N) is 4. The Morgan fingerprint density at radius 2 is 1.89 bits per heavy atom. The van der Waals surface area contributed by atoms with Crippen LogP contribution in [0.3, 0.4) is 0 Å². The average Bonchev–Trinajstić information content (AvgIpc) is 3.36. The smallest absolute Gasteiger partial charge is 0.230 e. The molecule has 1 N–H and O–H groups in total. The molecule has 0 aliphatic carbocycles. The molecule has 1 aliphatic heterocycles. The van der Waals surface area contributed by atoms with Crippen molar-refractivity contribution in [1.29, 1.82) is 0 Å². The number of hydrogen-bond acceptors (Lipinski definition) is 5. The van der Waals surface area contributed by atoms with Gasteiger partial charge in [0.1, 0.15) is 0 Å². The number of benzene rings is 1. The number of carbonyl (C=O) groups excluding carboxylic acids is 2. The van der Waals surface area contributed by atoms with E-state index in [9.17, 15) is 9.59 Å². The van der Waals surface area contributed by atoms with Gasteiger partial charge in [0.15, 0.2) is 11.0 Å². The summed E-state index contributed by atoms with van der Waals surface area (Å²) in [5.41, 5.74) is 0.926. The molecule has 1 saturated heterocycles. The summed E-state index contributed by atoms with van der Waals surface area (Å²) in [4.78, 5) is 26.0. The molecule has 9 heteroatoms. The van der Waals surface area contributed by atoms with E-state index in [1.165, 1.54) is 11.8 Å². The Hall–Kier alpha value is -2.06. The standard InChI is InChI=1S/C19H24ClN5O2S/c1-2-25-18(14-5-7-15(20)8-6-14)22-23-19(25)28-13-16(26)21-10-9-17(27)24-11-3-4-12-24/h5-8H,2-4,9-13H2,1H3,(H,21,26). The lowest BCUT2D eigenvalue weighted by Gasteiger charge is -2.15. The maximum Gasteiger partial charge on any atom is 0.230 e. The second-order valence-electron chi connectivity index (χ2n) is 6.53. The van der Waals surface area contributed by atoms with Crippen LogP contribution >= 0.6 is 23.4 Å². The molecule has 0 spiro atoms. The predicted molar refractivity (Wildman–Crippen MR) is 110 cm³/mol. The highest BCUT2D eigenvalue weighted by atomic mass is 35.5. The predicted octanol–water partition coefficient (Wildman–Crippen LogP) is 2.84. The molecule has 1 fully saturated rings. The number of nitrogens with one attached hydrogen (secondary N) is 1. The number of rotatable bonds is 8. The van der Waals surface area contributed by atoms with Crippen molar-refractivity contribution < 1.29 is 9.59 Å². The van der Waals surface area contributed by atoms with E-state index >= 15 is 0 Å². The van der Waals surface area contributed by atoms with Gasteiger partial charge < -0.3 is 14.8 Å². The van der Waals surface area contributed by atoms with Crippen LogP contribution in [0.4, 0.5) is 0 Å². The number of aromatic nitrogens is 3. The Labute approximate surface area is 173 Å². The van der Waals surface area contributed by atoms with E-state index in [-0.39, 0.29) is 17.6 Å². The number of halogens is 1. The fourth-order valence-corrected chi connectivity index (χ4v) is 4.07. The Bertz CT molecular complexity index is 818. The summed E-state index contributed by atoms with van der Waals surface area (Å²) < 4.78 is 1.97. The monoisotopic (exact) mass is 421 g/mol. The molecule has 0 saturated carbocycles. The Morgan fingerprint density at radius 3 is 2.57 bits per heavy atom. The van der Waals surface area contributed by atoms with Gasteiger partial charge in [0.25, 0.3) is 0 Å². The quantitative estimate of drug-likeness (QED) is 0.663. The summed E-state index contributed by atoms with van der Waals surface area (Å²) in [5.74, 6) is 0.983. The zero-order valence-corrected chi connectivity index (χ0v) is 17.4. The van der Waals surface area contributed by atoms with Crippen LogP contribution in [0.15, 0.2) is 29.4 Å². The van der Waals surface area contributed by atoms with Gasteiger partial charge in [0, 0.05) is 43.2 Å². The van der Waals surface area contributed by atoms with E-state index < -0.39 is 0 Å². The van der Waals surface area contributed by atoms with E-state index in [0.29, 0.717) is 29.7 Å². The van der Waals surface area contributed by atoms with Crippen LogP contribution in [0.5, 0.6) is 0 Å². The van der Waals surface area contributed by atoms with Crippen molar-refractivity contribution >= 4 is 35.2 Å². The van der Waals surface area contributed by atoms with Crippen LogP contribution in [0.25, 0.3) is 11.4 Å². The molecular formula is C19H24ClN5O2S. The van der Waals surface area contributed by atoms with Crippen molar-refractivity contribution in [3.8, 4) is 11.4 Å². The van der Waals surface area contributed by atoms with Crippen molar-refractivity contribution in [1.82, 2.24) is 25.0 Å². The maximum atomic E-state index is 12.1. The lowest BCUT2D eigenvalue weighted by Crippen LogP contribution is -2.33. The third kappa shape index (κ3) is 5.26. The molecule has 0 bridgehead atoms. The van der Waals surface area contributed by atoms with Gasteiger partial charge in [-0.25, -0.2) is 0 Å². The van der Waals surface area contributed by atoms with Crippen molar-refractivity contribution in [3.05, 3.63) is 29.3 Å². The van der Waals surface area contributed by atoms with Crippen LogP contribution in [-0.4, -0.2) is 56.9 Å². The molecule has 1 aliphatic rings. The van der Waals surface area contributed by atoms with E-state index in [4.69, 9.17) is 11.6 Å². The summed E-state index contributed by atoms with van der Waals surface area (Å²) in [5, 5.41) is 12.7. The number of carbonyl (C=O) groups is 2. The van der Waals surface area contributed by atoms with Crippen molar-refractivity contribution in [3.63, 3.8) is 0 Å². The zero-order chi connectivity index (χ0) is 19.9. The first-order valence-electron chi connectivity index (χ1n) is 9.45. The lowest BCUT2D eigenvalue weighted by atomic mass is 10.2. The average molecular weight is 422 g/mol. The molecule has 0 radical (unpaired) electrons. The van der Waals surface area contributed by atoms with Crippen molar-refractivity contribution in [2.24, 2.45) is 0 Å². The fourth-order valence-electron chi connectivity index (χ4n) is 3.11. The van der Waals surface area contributed by atoms with Gasteiger partial charge in [0.05, 0.1) is 5.75 Å². The molecule has 3 rings (SSSR count). The van der Waals surface area contributed by atoms with E-state index in [0.717, 1.165) is 37.3 Å². The normalized spacial score (nSPS) is 13.7. The van der Waals surface area contributed by atoms with E-state index in [1.807, 2.05) is 40.7 Å². The summed E-state index contributed by atoms with van der Waals surface area (Å²) in [7, 11) is 0. The number of thioether (sulfide) groups is 1. The molecule has 1 aromatic heterocycles. The Morgan fingerprint density at radius 1 is 1.18 bits per heavy atom. The third-order valence-corrected chi connectivity index (χ3v) is 5.81. The van der Waals surface area contributed by atoms with Gasteiger partial charge in [-0.1, -0.05) is 23.4 Å². The molecule has 2 aromatic rings. The second kappa shape index (κ2) is 9.93. The number of amides is 2. The summed E-state index contributed by atoms with van der Waals surface area (Å²) >= 11 is 7.28. The number of likely N-dealkylation sites (tertiary alicyclic amines) is 1. The van der Waals surface area contributed by atoms with Crippen LogP contribution < -0.4 is 5.32 Å². The van der Waals surface area contributed by atoms with Crippen LogP contribution in [-0.2, 0) is 16.1 Å². The summed E-state index contributed by atoms with van der Waals surface area (Å²) in [6.07, 6.45) is 2.50. The Balaban J connectivity index is 1.49.